The number of nitrogens with one attached hydrogen (secondary N) is 1. The topological polar surface area (TPSA) is 24.9 Å². The summed E-state index contributed by atoms with van der Waals surface area (Å²) in [6, 6.07) is 8.43. The quantitative estimate of drug-likeness (QED) is 0.840. The molecule has 16 heavy (non-hydrogen) atoms. The second-order valence-electron chi connectivity index (χ2n) is 3.47. The smallest absolute Gasteiger partial charge is 0.183 e. The zero-order valence-electron chi connectivity index (χ0n) is 9.03. The van der Waals surface area contributed by atoms with Gasteiger partial charge in [0, 0.05) is 21.1 Å². The summed E-state index contributed by atoms with van der Waals surface area (Å²) in [7, 11) is 0. The first kappa shape index (κ1) is 11.9. The summed E-state index contributed by atoms with van der Waals surface area (Å²) >= 11 is 3.97. The molecule has 0 saturated carbocycles. The molecular weight excluding hydrogens is 331 g/mol. The Labute approximate surface area is 113 Å². The summed E-state index contributed by atoms with van der Waals surface area (Å²) < 4.78 is 1.25. The van der Waals surface area contributed by atoms with Gasteiger partial charge in [-0.05, 0) is 41.1 Å². The van der Waals surface area contributed by atoms with Crippen molar-refractivity contribution < 1.29 is 0 Å². The van der Waals surface area contributed by atoms with Crippen LogP contribution in [0.1, 0.15) is 13.3 Å². The normalized spacial score (nSPS) is 10.4. The van der Waals surface area contributed by atoms with E-state index in [1.165, 1.54) is 9.13 Å². The average molecular weight is 344 g/mol. The third-order valence-electron chi connectivity index (χ3n) is 2.17. The van der Waals surface area contributed by atoms with E-state index in [0.717, 1.165) is 23.8 Å². The maximum atomic E-state index is 4.55. The second kappa shape index (κ2) is 5.63. The zero-order valence-corrected chi connectivity index (χ0v) is 12.0. The maximum Gasteiger partial charge on any atom is 0.183 e. The van der Waals surface area contributed by atoms with Gasteiger partial charge in [-0.3, -0.25) is 0 Å². The van der Waals surface area contributed by atoms with Crippen molar-refractivity contribution in [1.29, 1.82) is 0 Å². The van der Waals surface area contributed by atoms with E-state index in [1.807, 2.05) is 0 Å². The molecule has 2 nitrogen and oxygen atoms in total. The Kier molecular flexibility index (Phi) is 4.17. The maximum absolute atomic E-state index is 4.55. The van der Waals surface area contributed by atoms with Crippen LogP contribution in [0.3, 0.4) is 0 Å². The number of nitrogens with zero attached hydrogens (tertiary/aromatic N) is 1. The van der Waals surface area contributed by atoms with Crippen LogP contribution in [0, 0.1) is 3.57 Å². The predicted molar refractivity (Wildman–Crippen MR) is 79.0 cm³/mol. The first-order chi connectivity index (χ1) is 7.79. The van der Waals surface area contributed by atoms with Gasteiger partial charge in [0.25, 0.3) is 0 Å². The lowest BCUT2D eigenvalue weighted by atomic mass is 10.2. The van der Waals surface area contributed by atoms with Crippen LogP contribution in [0.25, 0.3) is 11.3 Å². The second-order valence-corrected chi connectivity index (χ2v) is 5.58. The third kappa shape index (κ3) is 2.95. The van der Waals surface area contributed by atoms with Gasteiger partial charge in [0.2, 0.25) is 0 Å². The van der Waals surface area contributed by atoms with Gasteiger partial charge in [-0.25, -0.2) is 4.98 Å². The van der Waals surface area contributed by atoms with Crippen molar-refractivity contribution in [2.24, 2.45) is 0 Å². The fraction of sp³-hybridized carbons (Fsp3) is 0.250. The van der Waals surface area contributed by atoms with E-state index in [9.17, 15) is 0 Å². The highest BCUT2D eigenvalue weighted by atomic mass is 127. The number of thiazole rings is 1. The molecule has 1 N–H and O–H groups in total. The number of aromatic nitrogens is 1. The molecule has 0 aliphatic heterocycles. The monoisotopic (exact) mass is 344 g/mol. The molecule has 0 bridgehead atoms. The van der Waals surface area contributed by atoms with E-state index < -0.39 is 0 Å². The van der Waals surface area contributed by atoms with Crippen LogP contribution in [0.15, 0.2) is 29.6 Å². The van der Waals surface area contributed by atoms with Crippen LogP contribution in [0.5, 0.6) is 0 Å². The van der Waals surface area contributed by atoms with Crippen molar-refractivity contribution in [3.8, 4) is 11.3 Å². The standard InChI is InChI=1S/C12H13IN2S/c1-2-7-14-12-15-11(8-16-12)9-3-5-10(13)6-4-9/h3-6,8H,2,7H2,1H3,(H,14,15). The van der Waals surface area contributed by atoms with E-state index in [4.69, 9.17) is 0 Å². The SMILES string of the molecule is CCCNc1nc(-c2ccc(I)cc2)cs1. The minimum Gasteiger partial charge on any atom is -0.362 e. The summed E-state index contributed by atoms with van der Waals surface area (Å²) in [5.41, 5.74) is 2.24. The molecule has 0 aliphatic rings. The van der Waals surface area contributed by atoms with Crippen molar-refractivity contribution in [2.45, 2.75) is 13.3 Å². The summed E-state index contributed by atoms with van der Waals surface area (Å²) in [5.74, 6) is 0. The van der Waals surface area contributed by atoms with Gasteiger partial charge in [-0.15, -0.1) is 11.3 Å². The highest BCUT2D eigenvalue weighted by Gasteiger charge is 2.03. The Morgan fingerprint density at radius 2 is 2.06 bits per heavy atom. The average Bonchev–Trinajstić information content (AvgIpc) is 2.76. The molecule has 0 fully saturated rings. The van der Waals surface area contributed by atoms with Gasteiger partial charge in [0.15, 0.2) is 5.13 Å². The molecular formula is C12H13IN2S. The Morgan fingerprint density at radius 3 is 2.75 bits per heavy atom. The highest BCUT2D eigenvalue weighted by molar-refractivity contribution is 14.1. The van der Waals surface area contributed by atoms with E-state index in [0.29, 0.717) is 0 Å². The van der Waals surface area contributed by atoms with Crippen molar-refractivity contribution in [3.05, 3.63) is 33.2 Å². The molecule has 1 aromatic carbocycles. The van der Waals surface area contributed by atoms with E-state index in [-0.39, 0.29) is 0 Å². The number of anilines is 1. The lowest BCUT2D eigenvalue weighted by Crippen LogP contribution is -1.98. The largest absolute Gasteiger partial charge is 0.362 e. The highest BCUT2D eigenvalue weighted by Crippen LogP contribution is 2.25. The molecule has 0 aliphatic carbocycles. The number of halogens is 1. The van der Waals surface area contributed by atoms with Crippen molar-refractivity contribution in [1.82, 2.24) is 4.98 Å². The fourth-order valence-electron chi connectivity index (χ4n) is 1.34. The van der Waals surface area contributed by atoms with Gasteiger partial charge in [-0.2, -0.15) is 0 Å². The van der Waals surface area contributed by atoms with Crippen LogP contribution in [-0.2, 0) is 0 Å². The van der Waals surface area contributed by atoms with Gasteiger partial charge in [-0.1, -0.05) is 19.1 Å². The Hall–Kier alpha value is -0.620. The molecule has 1 aromatic heterocycles. The van der Waals surface area contributed by atoms with E-state index >= 15 is 0 Å². The van der Waals surface area contributed by atoms with Gasteiger partial charge < -0.3 is 5.32 Å². The molecule has 0 amide bonds. The summed E-state index contributed by atoms with van der Waals surface area (Å²) in [4.78, 5) is 4.55. The molecule has 2 rings (SSSR count). The lowest BCUT2D eigenvalue weighted by Gasteiger charge is -1.98. The molecule has 84 valence electrons. The fourth-order valence-corrected chi connectivity index (χ4v) is 2.45. The van der Waals surface area contributed by atoms with Crippen LogP contribution in [0.2, 0.25) is 0 Å². The third-order valence-corrected chi connectivity index (χ3v) is 3.69. The summed E-state index contributed by atoms with van der Waals surface area (Å²) in [6.45, 7) is 3.14. The van der Waals surface area contributed by atoms with E-state index in [1.54, 1.807) is 11.3 Å². The van der Waals surface area contributed by atoms with Crippen LogP contribution < -0.4 is 5.32 Å². The number of hydrogen-bond acceptors (Lipinski definition) is 3. The van der Waals surface area contributed by atoms with Crippen LogP contribution in [0.4, 0.5) is 5.13 Å². The van der Waals surface area contributed by atoms with Gasteiger partial charge >= 0.3 is 0 Å². The van der Waals surface area contributed by atoms with Crippen LogP contribution in [-0.4, -0.2) is 11.5 Å². The Balaban J connectivity index is 2.15. The summed E-state index contributed by atoms with van der Waals surface area (Å²) in [6.07, 6.45) is 1.12. The molecule has 0 spiro atoms. The molecule has 1 heterocycles. The number of rotatable bonds is 4. The first-order valence-corrected chi connectivity index (χ1v) is 7.21. The Morgan fingerprint density at radius 1 is 1.31 bits per heavy atom. The first-order valence-electron chi connectivity index (χ1n) is 5.25. The molecule has 4 heteroatoms. The van der Waals surface area contributed by atoms with Crippen molar-refractivity contribution in [2.75, 3.05) is 11.9 Å². The number of hydrogen-bond donors (Lipinski definition) is 1. The minimum absolute atomic E-state index is 0.986. The number of benzene rings is 1. The molecule has 2 aromatic rings. The predicted octanol–water partition coefficient (Wildman–Crippen LogP) is 4.24. The molecule has 0 atom stereocenters. The zero-order chi connectivity index (χ0) is 11.4. The summed E-state index contributed by atoms with van der Waals surface area (Å²) in [5, 5.41) is 6.41. The van der Waals surface area contributed by atoms with Crippen molar-refractivity contribution in [3.63, 3.8) is 0 Å². The van der Waals surface area contributed by atoms with Crippen LogP contribution >= 0.6 is 33.9 Å². The minimum atomic E-state index is 0.986. The lowest BCUT2D eigenvalue weighted by molar-refractivity contribution is 0.976. The Bertz CT molecular complexity index is 450. The van der Waals surface area contributed by atoms with Gasteiger partial charge in [0.1, 0.15) is 0 Å². The molecule has 0 radical (unpaired) electrons. The van der Waals surface area contributed by atoms with Gasteiger partial charge in [0.05, 0.1) is 5.69 Å². The van der Waals surface area contributed by atoms with Crippen molar-refractivity contribution >= 4 is 39.1 Å². The molecule has 0 saturated heterocycles. The van der Waals surface area contributed by atoms with E-state index in [2.05, 4.69) is 69.5 Å². The molecule has 0 unspecified atom stereocenters.